The van der Waals surface area contributed by atoms with E-state index in [2.05, 4.69) is 33.2 Å². The van der Waals surface area contributed by atoms with Crippen molar-refractivity contribution in [2.45, 2.75) is 19.4 Å². The van der Waals surface area contributed by atoms with E-state index >= 15 is 0 Å². The van der Waals surface area contributed by atoms with Crippen molar-refractivity contribution in [3.05, 3.63) is 22.3 Å². The molecule has 1 aromatic heterocycles. The Bertz CT molecular complexity index is 401. The molecule has 0 bridgehead atoms. The van der Waals surface area contributed by atoms with Gasteiger partial charge in [0.25, 0.3) is 0 Å². The van der Waals surface area contributed by atoms with Crippen LogP contribution in [-0.2, 0) is 0 Å². The van der Waals surface area contributed by atoms with Crippen LogP contribution in [0.1, 0.15) is 23.7 Å². The van der Waals surface area contributed by atoms with E-state index in [0.29, 0.717) is 10.3 Å². The lowest BCUT2D eigenvalue weighted by Crippen LogP contribution is -2.23. The molecule has 4 nitrogen and oxygen atoms in total. The normalized spacial score (nSPS) is 12.2. The summed E-state index contributed by atoms with van der Waals surface area (Å²) in [5.74, 6) is 0.384. The molecule has 0 aliphatic rings. The Balaban J connectivity index is 2.92. The number of hydrogen-bond acceptors (Lipinski definition) is 4. The number of anilines is 1. The zero-order valence-corrected chi connectivity index (χ0v) is 12.1. The highest BCUT2D eigenvalue weighted by Gasteiger charge is 2.15. The zero-order chi connectivity index (χ0) is 12.8. The minimum Gasteiger partial charge on any atom is -0.478 e. The summed E-state index contributed by atoms with van der Waals surface area (Å²) in [7, 11) is 0. The van der Waals surface area contributed by atoms with Crippen LogP contribution in [0, 0.1) is 0 Å². The van der Waals surface area contributed by atoms with Crippen molar-refractivity contribution in [2.24, 2.45) is 0 Å². The molecule has 0 aliphatic heterocycles. The predicted molar refractivity (Wildman–Crippen MR) is 75.0 cm³/mol. The van der Waals surface area contributed by atoms with Gasteiger partial charge < -0.3 is 10.4 Å². The molecule has 6 heteroatoms. The van der Waals surface area contributed by atoms with Crippen LogP contribution in [-0.4, -0.2) is 34.1 Å². The van der Waals surface area contributed by atoms with Crippen molar-refractivity contribution in [1.82, 2.24) is 4.98 Å². The van der Waals surface area contributed by atoms with Crippen molar-refractivity contribution in [3.8, 4) is 0 Å². The lowest BCUT2D eigenvalue weighted by molar-refractivity contribution is 0.0697. The highest BCUT2D eigenvalue weighted by atomic mass is 79.9. The second-order valence-corrected chi connectivity index (χ2v) is 5.39. The van der Waals surface area contributed by atoms with Crippen LogP contribution in [0.5, 0.6) is 0 Å². The number of nitrogens with one attached hydrogen (secondary N) is 1. The number of thioether (sulfide) groups is 1. The van der Waals surface area contributed by atoms with E-state index in [1.165, 1.54) is 0 Å². The summed E-state index contributed by atoms with van der Waals surface area (Å²) in [6, 6.07) is 1.79. The molecule has 0 fully saturated rings. The number of carboxylic acid groups (broad SMARTS) is 1. The molecule has 1 unspecified atom stereocenters. The Labute approximate surface area is 113 Å². The number of halogens is 1. The lowest BCUT2D eigenvalue weighted by atomic mass is 10.2. The molecule has 0 amide bonds. The van der Waals surface area contributed by atoms with Crippen LogP contribution < -0.4 is 5.32 Å². The number of hydrogen-bond donors (Lipinski definition) is 2. The first-order chi connectivity index (χ1) is 8.08. The highest BCUT2D eigenvalue weighted by Crippen LogP contribution is 2.19. The molecule has 0 aliphatic carbocycles. The zero-order valence-electron chi connectivity index (χ0n) is 9.74. The summed E-state index contributed by atoms with van der Waals surface area (Å²) < 4.78 is 0.665. The minimum atomic E-state index is -0.972. The molecular weight excluding hydrogens is 304 g/mol. The number of carbonyl (C=O) groups is 1. The Hall–Kier alpha value is -0.750. The number of pyridine rings is 1. The Morgan fingerprint density at radius 3 is 2.94 bits per heavy atom. The number of aromatic carboxylic acids is 1. The summed E-state index contributed by atoms with van der Waals surface area (Å²) in [5.41, 5.74) is 0.193. The van der Waals surface area contributed by atoms with Gasteiger partial charge >= 0.3 is 5.97 Å². The van der Waals surface area contributed by atoms with Crippen molar-refractivity contribution >= 4 is 39.5 Å². The van der Waals surface area contributed by atoms with Gasteiger partial charge in [-0.15, -0.1) is 0 Å². The van der Waals surface area contributed by atoms with Gasteiger partial charge in [0, 0.05) is 22.5 Å². The van der Waals surface area contributed by atoms with Crippen LogP contribution >= 0.6 is 27.7 Å². The third kappa shape index (κ3) is 4.20. The largest absolute Gasteiger partial charge is 0.478 e. The van der Waals surface area contributed by atoms with Gasteiger partial charge in [0.1, 0.15) is 11.4 Å². The van der Waals surface area contributed by atoms with E-state index in [4.69, 9.17) is 5.11 Å². The van der Waals surface area contributed by atoms with E-state index in [1.807, 2.05) is 6.26 Å². The first-order valence-corrected chi connectivity index (χ1v) is 7.41. The fourth-order valence-corrected chi connectivity index (χ4v) is 2.43. The molecule has 0 saturated carbocycles. The fraction of sp³-hybridized carbons (Fsp3) is 0.455. The molecule has 1 aromatic rings. The molecule has 0 spiro atoms. The van der Waals surface area contributed by atoms with Crippen LogP contribution in [0.25, 0.3) is 0 Å². The van der Waals surface area contributed by atoms with Gasteiger partial charge in [0.05, 0.1) is 0 Å². The summed E-state index contributed by atoms with van der Waals surface area (Å²) in [4.78, 5) is 15.2. The van der Waals surface area contributed by atoms with E-state index in [9.17, 15) is 4.79 Å². The minimum absolute atomic E-state index is 0.193. The molecule has 94 valence electrons. The fourth-order valence-electron chi connectivity index (χ4n) is 1.37. The maximum atomic E-state index is 11.1. The third-order valence-electron chi connectivity index (χ3n) is 2.29. The molecule has 1 heterocycles. The first-order valence-electron chi connectivity index (χ1n) is 5.22. The molecule has 1 rings (SSSR count). The van der Waals surface area contributed by atoms with Crippen molar-refractivity contribution < 1.29 is 9.90 Å². The maximum Gasteiger partial charge on any atom is 0.339 e. The monoisotopic (exact) mass is 318 g/mol. The molecule has 17 heavy (non-hydrogen) atoms. The first kappa shape index (κ1) is 14.3. The van der Waals surface area contributed by atoms with Crippen molar-refractivity contribution in [1.29, 1.82) is 0 Å². The number of carboxylic acids is 1. The lowest BCUT2D eigenvalue weighted by Gasteiger charge is -2.17. The summed E-state index contributed by atoms with van der Waals surface area (Å²) in [6.07, 6.45) is 4.55. The van der Waals surface area contributed by atoms with Crippen LogP contribution in [0.3, 0.4) is 0 Å². The molecular formula is C11H15BrN2O2S. The molecule has 0 saturated heterocycles. The predicted octanol–water partition coefficient (Wildman–Crippen LogP) is 3.10. The Morgan fingerprint density at radius 1 is 1.71 bits per heavy atom. The summed E-state index contributed by atoms with van der Waals surface area (Å²) in [6.45, 7) is 2.06. The van der Waals surface area contributed by atoms with Crippen LogP contribution in [0.2, 0.25) is 0 Å². The third-order valence-corrected chi connectivity index (χ3v) is 3.46. The smallest absolute Gasteiger partial charge is 0.339 e. The van der Waals surface area contributed by atoms with E-state index in [0.717, 1.165) is 12.2 Å². The number of rotatable bonds is 6. The average Bonchev–Trinajstić information content (AvgIpc) is 2.30. The van der Waals surface area contributed by atoms with Gasteiger partial charge in [-0.05, 0) is 34.7 Å². The van der Waals surface area contributed by atoms with E-state index in [1.54, 1.807) is 24.0 Å². The number of nitrogens with zero attached hydrogens (tertiary/aromatic N) is 1. The Kier molecular flexibility index (Phi) is 5.77. The SMILES string of the molecule is CCC(CSC)Nc1ncc(Br)cc1C(=O)O. The quantitative estimate of drug-likeness (QED) is 0.844. The molecule has 0 aromatic carbocycles. The van der Waals surface area contributed by atoms with Crippen molar-refractivity contribution in [3.63, 3.8) is 0 Å². The molecule has 0 radical (unpaired) electrons. The van der Waals surface area contributed by atoms with Crippen molar-refractivity contribution in [2.75, 3.05) is 17.3 Å². The van der Waals surface area contributed by atoms with Gasteiger partial charge in [-0.2, -0.15) is 11.8 Å². The summed E-state index contributed by atoms with van der Waals surface area (Å²) >= 11 is 4.94. The van der Waals surface area contributed by atoms with E-state index < -0.39 is 5.97 Å². The van der Waals surface area contributed by atoms with E-state index in [-0.39, 0.29) is 11.6 Å². The molecule has 2 N–H and O–H groups in total. The second-order valence-electron chi connectivity index (χ2n) is 3.56. The standard InChI is InChI=1S/C11H15BrN2O2S/c1-3-8(6-17-2)14-10-9(11(15)16)4-7(12)5-13-10/h4-5,8H,3,6H2,1-2H3,(H,13,14)(H,15,16). The van der Waals surface area contributed by atoms with Gasteiger partial charge in [0.15, 0.2) is 0 Å². The van der Waals surface area contributed by atoms with Gasteiger partial charge in [0.2, 0.25) is 0 Å². The van der Waals surface area contributed by atoms with Crippen LogP contribution in [0.4, 0.5) is 5.82 Å². The Morgan fingerprint density at radius 2 is 2.41 bits per heavy atom. The summed E-state index contributed by atoms with van der Waals surface area (Å²) in [5, 5.41) is 12.3. The maximum absolute atomic E-state index is 11.1. The average molecular weight is 319 g/mol. The topological polar surface area (TPSA) is 62.2 Å². The highest BCUT2D eigenvalue weighted by molar-refractivity contribution is 9.10. The van der Waals surface area contributed by atoms with Gasteiger partial charge in [-0.1, -0.05) is 6.92 Å². The van der Waals surface area contributed by atoms with Crippen LogP contribution in [0.15, 0.2) is 16.7 Å². The molecule has 1 atom stereocenters. The van der Waals surface area contributed by atoms with Gasteiger partial charge in [-0.25, -0.2) is 9.78 Å². The second kappa shape index (κ2) is 6.86. The number of aromatic nitrogens is 1. The van der Waals surface area contributed by atoms with Gasteiger partial charge in [-0.3, -0.25) is 0 Å².